The quantitative estimate of drug-likeness (QED) is 0.563. The maximum absolute atomic E-state index is 12.5. The molecule has 0 aliphatic heterocycles. The fourth-order valence-corrected chi connectivity index (χ4v) is 2.87. The van der Waals surface area contributed by atoms with Crippen LogP contribution in [0.15, 0.2) is 72.8 Å². The van der Waals surface area contributed by atoms with Crippen molar-refractivity contribution in [3.63, 3.8) is 0 Å². The molecular weight excluding hydrogens is 382 g/mol. The van der Waals surface area contributed by atoms with Crippen LogP contribution in [0.2, 0.25) is 0 Å². The Bertz CT molecular complexity index is 1030. The Morgan fingerprint density at radius 2 is 1.63 bits per heavy atom. The Hall–Kier alpha value is -3.80. The number of methoxy groups -OCH3 is 1. The van der Waals surface area contributed by atoms with Gasteiger partial charge in [-0.25, -0.2) is 4.79 Å². The highest BCUT2D eigenvalue weighted by Gasteiger charge is 2.16. The van der Waals surface area contributed by atoms with Crippen molar-refractivity contribution in [2.45, 2.75) is 13.5 Å². The fraction of sp³-hybridized carbons (Fsp3) is 0.167. The number of benzene rings is 3. The van der Waals surface area contributed by atoms with E-state index in [0.29, 0.717) is 23.8 Å². The smallest absolute Gasteiger partial charge is 0.342 e. The average Bonchev–Trinajstić information content (AvgIpc) is 2.76. The maximum atomic E-state index is 12.5. The van der Waals surface area contributed by atoms with E-state index in [1.54, 1.807) is 48.5 Å². The first kappa shape index (κ1) is 20.9. The van der Waals surface area contributed by atoms with Gasteiger partial charge in [0.15, 0.2) is 6.61 Å². The van der Waals surface area contributed by atoms with Gasteiger partial charge in [0.05, 0.1) is 12.8 Å². The van der Waals surface area contributed by atoms with Crippen molar-refractivity contribution < 1.29 is 23.8 Å². The largest absolute Gasteiger partial charge is 0.495 e. The third kappa shape index (κ3) is 5.61. The van der Waals surface area contributed by atoms with Crippen LogP contribution in [0.25, 0.3) is 0 Å². The predicted molar refractivity (Wildman–Crippen MR) is 114 cm³/mol. The summed E-state index contributed by atoms with van der Waals surface area (Å²) < 4.78 is 16.2. The topological polar surface area (TPSA) is 73.9 Å². The second-order valence-corrected chi connectivity index (χ2v) is 6.60. The Balaban J connectivity index is 1.59. The SMILES string of the molecule is COc1ccccc1NC(=O)COC(=O)c1ccccc1OCc1cccc(C)c1. The van der Waals surface area contributed by atoms with Gasteiger partial charge in [-0.2, -0.15) is 0 Å². The zero-order valence-corrected chi connectivity index (χ0v) is 16.9. The summed E-state index contributed by atoms with van der Waals surface area (Å²) in [6.45, 7) is 1.90. The molecule has 0 radical (unpaired) electrons. The van der Waals surface area contributed by atoms with Crippen LogP contribution in [0.1, 0.15) is 21.5 Å². The van der Waals surface area contributed by atoms with E-state index in [0.717, 1.165) is 11.1 Å². The minimum atomic E-state index is -0.634. The first-order valence-electron chi connectivity index (χ1n) is 9.44. The predicted octanol–water partition coefficient (Wildman–Crippen LogP) is 4.38. The van der Waals surface area contributed by atoms with E-state index in [4.69, 9.17) is 14.2 Å². The molecular formula is C24H23NO5. The van der Waals surface area contributed by atoms with Crippen LogP contribution in [0.4, 0.5) is 5.69 Å². The molecule has 0 fully saturated rings. The number of carbonyl (C=O) groups excluding carboxylic acids is 2. The molecule has 0 aliphatic carbocycles. The summed E-state index contributed by atoms with van der Waals surface area (Å²) in [5.74, 6) is -0.183. The van der Waals surface area contributed by atoms with Crippen molar-refractivity contribution in [3.05, 3.63) is 89.5 Å². The standard InChI is InChI=1S/C24H23NO5/c1-17-8-7-9-18(14-17)15-29-21-12-5-3-10-19(21)24(27)30-16-23(26)25-20-11-4-6-13-22(20)28-2/h3-14H,15-16H2,1-2H3,(H,25,26). The molecule has 3 aromatic carbocycles. The molecule has 3 aromatic rings. The van der Waals surface area contributed by atoms with Gasteiger partial charge in [-0.15, -0.1) is 0 Å². The first-order valence-corrected chi connectivity index (χ1v) is 9.44. The molecule has 3 rings (SSSR count). The van der Waals surface area contributed by atoms with Crippen LogP contribution >= 0.6 is 0 Å². The number of nitrogens with one attached hydrogen (secondary N) is 1. The van der Waals surface area contributed by atoms with E-state index in [-0.39, 0.29) is 5.56 Å². The summed E-state index contributed by atoms with van der Waals surface area (Å²) in [6.07, 6.45) is 0. The van der Waals surface area contributed by atoms with E-state index in [1.165, 1.54) is 7.11 Å². The van der Waals surface area contributed by atoms with Crippen molar-refractivity contribution in [2.24, 2.45) is 0 Å². The van der Waals surface area contributed by atoms with Crippen molar-refractivity contribution in [1.82, 2.24) is 0 Å². The Labute approximate surface area is 175 Å². The number of hydrogen-bond donors (Lipinski definition) is 1. The molecule has 0 saturated carbocycles. The molecule has 6 nitrogen and oxygen atoms in total. The summed E-state index contributed by atoms with van der Waals surface area (Å²) in [7, 11) is 1.51. The Kier molecular flexibility index (Phi) is 7.05. The lowest BCUT2D eigenvalue weighted by molar-refractivity contribution is -0.119. The molecule has 0 atom stereocenters. The minimum Gasteiger partial charge on any atom is -0.495 e. The van der Waals surface area contributed by atoms with Crippen molar-refractivity contribution in [2.75, 3.05) is 19.0 Å². The van der Waals surface area contributed by atoms with E-state index in [1.807, 2.05) is 31.2 Å². The molecule has 0 bridgehead atoms. The van der Waals surface area contributed by atoms with Crippen molar-refractivity contribution >= 4 is 17.6 Å². The Morgan fingerprint density at radius 3 is 2.40 bits per heavy atom. The summed E-state index contributed by atoms with van der Waals surface area (Å²) >= 11 is 0. The maximum Gasteiger partial charge on any atom is 0.342 e. The van der Waals surface area contributed by atoms with Gasteiger partial charge in [0, 0.05) is 0 Å². The number of anilines is 1. The monoisotopic (exact) mass is 405 g/mol. The summed E-state index contributed by atoms with van der Waals surface area (Å²) in [4.78, 5) is 24.7. The van der Waals surface area contributed by atoms with E-state index in [9.17, 15) is 9.59 Å². The van der Waals surface area contributed by atoms with Gasteiger partial charge >= 0.3 is 5.97 Å². The van der Waals surface area contributed by atoms with Gasteiger partial charge in [-0.3, -0.25) is 4.79 Å². The lowest BCUT2D eigenvalue weighted by Crippen LogP contribution is -2.21. The molecule has 0 aliphatic rings. The molecule has 0 saturated heterocycles. The van der Waals surface area contributed by atoms with Gasteiger partial charge in [-0.05, 0) is 36.8 Å². The Morgan fingerprint density at radius 1 is 0.900 bits per heavy atom. The van der Waals surface area contributed by atoms with E-state index in [2.05, 4.69) is 5.32 Å². The van der Waals surface area contributed by atoms with Gasteiger partial charge in [0.2, 0.25) is 0 Å². The van der Waals surface area contributed by atoms with Crippen molar-refractivity contribution in [3.8, 4) is 11.5 Å². The number of rotatable bonds is 8. The number of amides is 1. The molecule has 6 heteroatoms. The van der Waals surface area contributed by atoms with Crippen LogP contribution < -0.4 is 14.8 Å². The highest BCUT2D eigenvalue weighted by molar-refractivity contribution is 5.97. The van der Waals surface area contributed by atoms with Gasteiger partial charge < -0.3 is 19.5 Å². The molecule has 0 unspecified atom stereocenters. The van der Waals surface area contributed by atoms with Gasteiger partial charge in [-0.1, -0.05) is 54.1 Å². The van der Waals surface area contributed by atoms with Crippen molar-refractivity contribution in [1.29, 1.82) is 0 Å². The number of carbonyl (C=O) groups is 2. The van der Waals surface area contributed by atoms with Gasteiger partial charge in [0.1, 0.15) is 23.7 Å². The fourth-order valence-electron chi connectivity index (χ4n) is 2.87. The zero-order valence-electron chi connectivity index (χ0n) is 16.9. The second-order valence-electron chi connectivity index (χ2n) is 6.60. The summed E-state index contributed by atoms with van der Waals surface area (Å²) in [5.41, 5.74) is 2.89. The normalized spacial score (nSPS) is 10.2. The number of hydrogen-bond acceptors (Lipinski definition) is 5. The third-order valence-corrected chi connectivity index (χ3v) is 4.30. The highest BCUT2D eigenvalue weighted by atomic mass is 16.5. The highest BCUT2D eigenvalue weighted by Crippen LogP contribution is 2.23. The summed E-state index contributed by atoms with van der Waals surface area (Å²) in [5, 5.41) is 2.66. The number of aryl methyl sites for hydroxylation is 1. The van der Waals surface area contributed by atoms with Crippen LogP contribution in [0, 0.1) is 6.92 Å². The van der Waals surface area contributed by atoms with Crippen LogP contribution in [0.3, 0.4) is 0 Å². The van der Waals surface area contributed by atoms with Crippen LogP contribution in [0.5, 0.6) is 11.5 Å². The molecule has 0 aromatic heterocycles. The summed E-state index contributed by atoms with van der Waals surface area (Å²) in [6, 6.07) is 21.7. The second kappa shape index (κ2) is 10.1. The number of ether oxygens (including phenoxy) is 3. The van der Waals surface area contributed by atoms with E-state index < -0.39 is 18.5 Å². The molecule has 0 spiro atoms. The number of para-hydroxylation sites is 3. The minimum absolute atomic E-state index is 0.259. The zero-order chi connectivity index (χ0) is 21.3. The van der Waals surface area contributed by atoms with Gasteiger partial charge in [0.25, 0.3) is 5.91 Å². The first-order chi connectivity index (χ1) is 14.6. The van der Waals surface area contributed by atoms with E-state index >= 15 is 0 Å². The lowest BCUT2D eigenvalue weighted by atomic mass is 10.1. The molecule has 0 heterocycles. The van der Waals surface area contributed by atoms with Crippen LogP contribution in [-0.2, 0) is 16.1 Å². The molecule has 1 N–H and O–H groups in total. The third-order valence-electron chi connectivity index (χ3n) is 4.30. The molecule has 154 valence electrons. The molecule has 30 heavy (non-hydrogen) atoms. The lowest BCUT2D eigenvalue weighted by Gasteiger charge is -2.12. The molecule has 1 amide bonds. The average molecular weight is 405 g/mol. The van der Waals surface area contributed by atoms with Crippen LogP contribution in [-0.4, -0.2) is 25.6 Å². The number of esters is 1.